The van der Waals surface area contributed by atoms with Crippen molar-refractivity contribution in [3.8, 4) is 0 Å². The van der Waals surface area contributed by atoms with Crippen LogP contribution in [0, 0.1) is 9.25 Å². The highest BCUT2D eigenvalue weighted by Gasteiger charge is 2.59. The van der Waals surface area contributed by atoms with Crippen LogP contribution in [0.5, 0.6) is 0 Å². The molecule has 1 saturated heterocycles. The first-order chi connectivity index (χ1) is 12.1. The molecule has 7 nitrogen and oxygen atoms in total. The maximum atomic E-state index is 12.9. The first kappa shape index (κ1) is 20.1. The van der Waals surface area contributed by atoms with Crippen molar-refractivity contribution in [1.29, 1.82) is 0 Å². The van der Waals surface area contributed by atoms with Gasteiger partial charge in [-0.2, -0.15) is 4.72 Å². The zero-order chi connectivity index (χ0) is 19.1. The van der Waals surface area contributed by atoms with Crippen LogP contribution in [0.4, 0.5) is 5.82 Å². The van der Waals surface area contributed by atoms with Gasteiger partial charge in [-0.15, -0.1) is 0 Å². The smallest absolute Gasteiger partial charge is 0.266 e. The van der Waals surface area contributed by atoms with Crippen LogP contribution in [0.15, 0.2) is 6.07 Å². The molecule has 1 amide bonds. The van der Waals surface area contributed by atoms with E-state index in [0.29, 0.717) is 17.0 Å². The molecule has 0 radical (unpaired) electrons. The Morgan fingerprint density at radius 1 is 1.46 bits per heavy atom. The van der Waals surface area contributed by atoms with Gasteiger partial charge in [0.25, 0.3) is 5.91 Å². The molecule has 1 aliphatic heterocycles. The molecule has 1 aromatic rings. The number of hydrogen-bond donors (Lipinski definition) is 1. The minimum Gasteiger partial charge on any atom is -0.592 e. The van der Waals surface area contributed by atoms with Crippen molar-refractivity contribution < 1.29 is 14.1 Å². The minimum atomic E-state index is -1.51. The van der Waals surface area contributed by atoms with Crippen LogP contribution in [0.3, 0.4) is 0 Å². The minimum absolute atomic E-state index is 0.215. The van der Waals surface area contributed by atoms with Gasteiger partial charge in [0.1, 0.15) is 11.5 Å². The van der Waals surface area contributed by atoms with Crippen LogP contribution in [-0.2, 0) is 25.6 Å². The molecule has 1 unspecified atom stereocenters. The zero-order valence-electron chi connectivity index (χ0n) is 15.5. The van der Waals surface area contributed by atoms with Gasteiger partial charge in [0, 0.05) is 53.5 Å². The highest BCUT2D eigenvalue weighted by molar-refractivity contribution is 14.1. The van der Waals surface area contributed by atoms with Gasteiger partial charge in [0.2, 0.25) is 0 Å². The fourth-order valence-corrected chi connectivity index (χ4v) is 4.78. The molecule has 3 rings (SSSR count). The summed E-state index contributed by atoms with van der Waals surface area (Å²) in [5.41, 5.74) is 0.165. The summed E-state index contributed by atoms with van der Waals surface area (Å²) >= 11 is 0.584. The summed E-state index contributed by atoms with van der Waals surface area (Å²) in [6, 6.07) is 2.15. The number of carbonyl (C=O) groups excluding carboxylic acids is 1. The summed E-state index contributed by atoms with van der Waals surface area (Å²) in [4.78, 5) is 23.6. The summed E-state index contributed by atoms with van der Waals surface area (Å²) in [5, 5.41) is 0. The molecule has 0 aromatic carbocycles. The van der Waals surface area contributed by atoms with E-state index >= 15 is 0 Å². The topological polar surface area (TPSA) is 90.4 Å². The lowest BCUT2D eigenvalue weighted by Gasteiger charge is -2.34. The molecule has 1 aliphatic carbocycles. The van der Waals surface area contributed by atoms with Crippen molar-refractivity contribution >= 4 is 45.7 Å². The van der Waals surface area contributed by atoms with Crippen LogP contribution >= 0.6 is 22.6 Å². The maximum absolute atomic E-state index is 12.9. The normalized spacial score (nSPS) is 23.5. The molecule has 26 heavy (non-hydrogen) atoms. The van der Waals surface area contributed by atoms with Gasteiger partial charge in [-0.25, -0.2) is 9.97 Å². The van der Waals surface area contributed by atoms with Gasteiger partial charge < -0.3 is 14.2 Å². The lowest BCUT2D eigenvalue weighted by molar-refractivity contribution is -0.126. The van der Waals surface area contributed by atoms with E-state index in [-0.39, 0.29) is 11.9 Å². The van der Waals surface area contributed by atoms with E-state index in [1.807, 2.05) is 26.8 Å². The highest BCUT2D eigenvalue weighted by Crippen LogP contribution is 2.52. The number of amides is 1. The number of nitrogens with zero attached hydrogens (tertiary/aromatic N) is 3. The largest absolute Gasteiger partial charge is 0.592 e. The number of rotatable bonds is 4. The second-order valence-corrected chi connectivity index (χ2v) is 10.4. The lowest BCUT2D eigenvalue weighted by atomic mass is 9.96. The maximum Gasteiger partial charge on any atom is 0.266 e. The third-order valence-electron chi connectivity index (χ3n) is 4.74. The molecule has 1 aromatic heterocycles. The van der Waals surface area contributed by atoms with Gasteiger partial charge in [0.05, 0.1) is 30.6 Å². The Bertz CT molecular complexity index is 693. The first-order valence-electron chi connectivity index (χ1n) is 8.76. The third-order valence-corrected chi connectivity index (χ3v) is 6.92. The summed E-state index contributed by atoms with van der Waals surface area (Å²) in [5.74, 6) is 0.619. The number of aromatic nitrogens is 2. The molecular formula is C17H25IN4O3S. The molecule has 0 bridgehead atoms. The van der Waals surface area contributed by atoms with E-state index < -0.39 is 21.5 Å². The van der Waals surface area contributed by atoms with Gasteiger partial charge in [-0.3, -0.25) is 4.79 Å². The van der Waals surface area contributed by atoms with Crippen molar-refractivity contribution in [2.24, 2.45) is 5.41 Å². The summed E-state index contributed by atoms with van der Waals surface area (Å²) in [6.45, 7) is 9.63. The predicted octanol–water partition coefficient (Wildman–Crippen LogP) is 2.12. The number of morpholine rings is 1. The van der Waals surface area contributed by atoms with Gasteiger partial charge in [-0.1, -0.05) is 20.8 Å². The van der Waals surface area contributed by atoms with Gasteiger partial charge in [-0.05, 0) is 6.92 Å². The SMILES string of the molecule is CC1COCCN1c1cc(C2([S@@+]([O-])NC(=O)C(C)(C)C)CC2)nc(I)n1. The third kappa shape index (κ3) is 4.10. The number of nitrogens with one attached hydrogen (secondary N) is 1. The average molecular weight is 492 g/mol. The van der Waals surface area contributed by atoms with Crippen molar-refractivity contribution in [1.82, 2.24) is 14.7 Å². The van der Waals surface area contributed by atoms with E-state index in [4.69, 9.17) is 4.74 Å². The summed E-state index contributed by atoms with van der Waals surface area (Å²) in [6.07, 6.45) is 1.49. The van der Waals surface area contributed by atoms with Crippen molar-refractivity contribution in [3.05, 3.63) is 15.6 Å². The summed E-state index contributed by atoms with van der Waals surface area (Å²) in [7, 11) is 0. The Labute approximate surface area is 171 Å². The molecule has 0 spiro atoms. The second kappa shape index (κ2) is 7.40. The molecule has 2 atom stereocenters. The number of hydrogen-bond acceptors (Lipinski definition) is 6. The first-order valence-corrected chi connectivity index (χ1v) is 11.0. The molecule has 1 saturated carbocycles. The number of carbonyl (C=O) groups is 1. The van der Waals surface area contributed by atoms with Crippen LogP contribution < -0.4 is 9.62 Å². The van der Waals surface area contributed by atoms with Crippen LogP contribution in [-0.4, -0.2) is 46.2 Å². The molecule has 2 heterocycles. The predicted molar refractivity (Wildman–Crippen MR) is 109 cm³/mol. The van der Waals surface area contributed by atoms with E-state index in [2.05, 4.69) is 49.1 Å². The molecule has 2 aliphatic rings. The Morgan fingerprint density at radius 2 is 2.15 bits per heavy atom. The number of ether oxygens (including phenoxy) is 1. The van der Waals surface area contributed by atoms with Crippen LogP contribution in [0.2, 0.25) is 0 Å². The number of halogens is 1. The molecule has 1 N–H and O–H groups in total. The molecule has 2 fully saturated rings. The van der Waals surface area contributed by atoms with E-state index in [1.165, 1.54) is 0 Å². The molecule has 9 heteroatoms. The Hall–Kier alpha value is -0.650. The van der Waals surface area contributed by atoms with E-state index in [1.54, 1.807) is 0 Å². The molecular weight excluding hydrogens is 467 g/mol. The van der Waals surface area contributed by atoms with Crippen LogP contribution in [0.1, 0.15) is 46.2 Å². The van der Waals surface area contributed by atoms with Gasteiger partial charge >= 0.3 is 0 Å². The van der Waals surface area contributed by atoms with E-state index in [0.717, 1.165) is 30.9 Å². The van der Waals surface area contributed by atoms with Crippen LogP contribution in [0.25, 0.3) is 0 Å². The lowest BCUT2D eigenvalue weighted by Crippen LogP contribution is -2.45. The zero-order valence-corrected chi connectivity index (χ0v) is 18.5. The molecule has 144 valence electrons. The Morgan fingerprint density at radius 3 is 2.73 bits per heavy atom. The van der Waals surface area contributed by atoms with Gasteiger partial charge in [0.15, 0.2) is 8.58 Å². The highest BCUT2D eigenvalue weighted by atomic mass is 127. The number of anilines is 1. The monoisotopic (exact) mass is 492 g/mol. The van der Waals surface area contributed by atoms with Crippen molar-refractivity contribution in [2.75, 3.05) is 24.7 Å². The van der Waals surface area contributed by atoms with Crippen molar-refractivity contribution in [3.63, 3.8) is 0 Å². The fraction of sp³-hybridized carbons (Fsp3) is 0.706. The fourth-order valence-electron chi connectivity index (χ4n) is 2.84. The Balaban J connectivity index is 1.85. The summed E-state index contributed by atoms with van der Waals surface area (Å²) < 4.78 is 21.1. The Kier molecular flexibility index (Phi) is 5.72. The quantitative estimate of drug-likeness (QED) is 0.394. The second-order valence-electron chi connectivity index (χ2n) is 7.94. The standard InChI is InChI=1S/C17H25IN4O3S/c1-11-10-25-8-7-22(11)13-9-12(19-15(18)20-13)17(5-6-17)26(24)21-14(23)16(2,3)4/h9,11H,5-8,10H2,1-4H3,(H,21,23)/t11?,26-/m1/s1. The van der Waals surface area contributed by atoms with Crippen molar-refractivity contribution in [2.45, 2.75) is 51.3 Å². The average Bonchev–Trinajstić information content (AvgIpc) is 3.35. The van der Waals surface area contributed by atoms with E-state index in [9.17, 15) is 9.35 Å².